The quantitative estimate of drug-likeness (QED) is 0.886. The Morgan fingerprint density at radius 1 is 1.53 bits per heavy atom. The van der Waals surface area contributed by atoms with Crippen LogP contribution in [0.4, 0.5) is 5.69 Å². The molecule has 0 fully saturated rings. The van der Waals surface area contributed by atoms with E-state index in [1.54, 1.807) is 12.4 Å². The van der Waals surface area contributed by atoms with Crippen LogP contribution in [0.15, 0.2) is 22.9 Å². The van der Waals surface area contributed by atoms with Crippen molar-refractivity contribution in [2.45, 2.75) is 26.4 Å². The first-order chi connectivity index (χ1) is 6.92. The average molecular weight is 273 g/mol. The van der Waals surface area contributed by atoms with Gasteiger partial charge in [-0.15, -0.1) is 0 Å². The van der Waals surface area contributed by atoms with Crippen LogP contribution in [-0.4, -0.2) is 22.2 Å². The zero-order chi connectivity index (χ0) is 11.5. The molecule has 1 rings (SSSR count). The summed E-state index contributed by atoms with van der Waals surface area (Å²) >= 11 is 3.35. The zero-order valence-electron chi connectivity index (χ0n) is 9.29. The maximum atomic E-state index is 10.0. The number of aliphatic hydroxyl groups is 1. The van der Waals surface area contributed by atoms with E-state index in [0.29, 0.717) is 6.54 Å². The van der Waals surface area contributed by atoms with Crippen molar-refractivity contribution in [1.29, 1.82) is 0 Å². The molecule has 1 aromatic heterocycles. The van der Waals surface area contributed by atoms with Gasteiger partial charge in [-0.1, -0.05) is 13.8 Å². The second-order valence-electron chi connectivity index (χ2n) is 4.26. The first kappa shape index (κ1) is 12.5. The molecule has 0 amide bonds. The molecule has 0 saturated carbocycles. The van der Waals surface area contributed by atoms with Crippen molar-refractivity contribution < 1.29 is 5.11 Å². The molecule has 0 bridgehead atoms. The molecule has 0 aliphatic heterocycles. The fourth-order valence-corrected chi connectivity index (χ4v) is 1.36. The summed E-state index contributed by atoms with van der Waals surface area (Å²) in [5.41, 5.74) is 0.202. The van der Waals surface area contributed by atoms with Gasteiger partial charge in [0.2, 0.25) is 0 Å². The number of aromatic nitrogens is 1. The van der Waals surface area contributed by atoms with E-state index in [0.717, 1.165) is 10.2 Å². The molecule has 0 unspecified atom stereocenters. The number of halogens is 1. The average Bonchev–Trinajstić information content (AvgIpc) is 2.15. The van der Waals surface area contributed by atoms with Gasteiger partial charge < -0.3 is 10.4 Å². The minimum atomic E-state index is -0.706. The topological polar surface area (TPSA) is 45.1 Å². The van der Waals surface area contributed by atoms with E-state index in [1.807, 2.05) is 26.8 Å². The van der Waals surface area contributed by atoms with Gasteiger partial charge in [0.25, 0.3) is 0 Å². The number of nitrogens with zero attached hydrogens (tertiary/aromatic N) is 1. The SMILES string of the molecule is CC(C)[C@@](C)(O)CNc1cncc(Br)c1. The summed E-state index contributed by atoms with van der Waals surface area (Å²) in [6, 6.07) is 1.93. The second kappa shape index (κ2) is 4.94. The Morgan fingerprint density at radius 3 is 2.73 bits per heavy atom. The molecule has 3 nitrogen and oxygen atoms in total. The molecule has 0 aliphatic carbocycles. The van der Waals surface area contributed by atoms with Gasteiger partial charge >= 0.3 is 0 Å². The minimum absolute atomic E-state index is 0.213. The molecule has 4 heteroatoms. The van der Waals surface area contributed by atoms with Gasteiger partial charge in [-0.2, -0.15) is 0 Å². The van der Waals surface area contributed by atoms with Crippen molar-refractivity contribution in [1.82, 2.24) is 4.98 Å². The van der Waals surface area contributed by atoms with Crippen molar-refractivity contribution in [2.75, 3.05) is 11.9 Å². The number of hydrogen-bond donors (Lipinski definition) is 2. The van der Waals surface area contributed by atoms with Gasteiger partial charge in [-0.25, -0.2) is 0 Å². The maximum Gasteiger partial charge on any atom is 0.0813 e. The molecule has 0 radical (unpaired) electrons. The lowest BCUT2D eigenvalue weighted by Gasteiger charge is -2.28. The first-order valence-corrected chi connectivity index (χ1v) is 5.78. The largest absolute Gasteiger partial charge is 0.388 e. The van der Waals surface area contributed by atoms with Crippen molar-refractivity contribution in [3.8, 4) is 0 Å². The van der Waals surface area contributed by atoms with Crippen molar-refractivity contribution in [3.63, 3.8) is 0 Å². The van der Waals surface area contributed by atoms with Crippen LogP contribution in [0, 0.1) is 5.92 Å². The van der Waals surface area contributed by atoms with Gasteiger partial charge in [-0.3, -0.25) is 4.98 Å². The second-order valence-corrected chi connectivity index (χ2v) is 5.17. The van der Waals surface area contributed by atoms with Crippen molar-refractivity contribution in [3.05, 3.63) is 22.9 Å². The van der Waals surface area contributed by atoms with E-state index in [4.69, 9.17) is 0 Å². The molecule has 15 heavy (non-hydrogen) atoms. The summed E-state index contributed by atoms with van der Waals surface area (Å²) < 4.78 is 0.927. The lowest BCUT2D eigenvalue weighted by Crippen LogP contribution is -2.38. The number of pyridine rings is 1. The predicted molar refractivity (Wildman–Crippen MR) is 65.9 cm³/mol. The summed E-state index contributed by atoms with van der Waals surface area (Å²) in [7, 11) is 0. The standard InChI is InChI=1S/C11H17BrN2O/c1-8(2)11(3,15)7-14-10-4-9(12)5-13-6-10/h4-6,8,14-15H,7H2,1-3H3/t11-/m0/s1. The minimum Gasteiger partial charge on any atom is -0.388 e. The third-order valence-electron chi connectivity index (χ3n) is 2.60. The lowest BCUT2D eigenvalue weighted by molar-refractivity contribution is 0.0266. The van der Waals surface area contributed by atoms with Crippen LogP contribution in [0.25, 0.3) is 0 Å². The molecule has 1 atom stereocenters. The number of anilines is 1. The Bertz CT molecular complexity index is 326. The number of nitrogens with one attached hydrogen (secondary N) is 1. The highest BCUT2D eigenvalue weighted by atomic mass is 79.9. The number of hydrogen-bond acceptors (Lipinski definition) is 3. The summed E-state index contributed by atoms with van der Waals surface area (Å²) in [5.74, 6) is 0.213. The van der Waals surface area contributed by atoms with E-state index < -0.39 is 5.60 Å². The summed E-state index contributed by atoms with van der Waals surface area (Å²) in [5, 5.41) is 13.2. The molecule has 0 spiro atoms. The van der Waals surface area contributed by atoms with Crippen LogP contribution in [0.5, 0.6) is 0 Å². The fourth-order valence-electron chi connectivity index (χ4n) is 0.994. The summed E-state index contributed by atoms with van der Waals surface area (Å²) in [6.45, 7) is 6.35. The Kier molecular flexibility index (Phi) is 4.11. The Balaban J connectivity index is 2.57. The predicted octanol–water partition coefficient (Wildman–Crippen LogP) is 2.66. The van der Waals surface area contributed by atoms with E-state index >= 15 is 0 Å². The van der Waals surface area contributed by atoms with Crippen LogP contribution < -0.4 is 5.32 Å². The summed E-state index contributed by atoms with van der Waals surface area (Å²) in [6.07, 6.45) is 3.47. The highest BCUT2D eigenvalue weighted by Gasteiger charge is 2.24. The third-order valence-corrected chi connectivity index (χ3v) is 3.03. The normalized spacial score (nSPS) is 15.1. The molecular weight excluding hydrogens is 256 g/mol. The first-order valence-electron chi connectivity index (χ1n) is 4.98. The van der Waals surface area contributed by atoms with Gasteiger partial charge in [0.15, 0.2) is 0 Å². The molecule has 1 heterocycles. The lowest BCUT2D eigenvalue weighted by atomic mass is 9.92. The maximum absolute atomic E-state index is 10.0. The highest BCUT2D eigenvalue weighted by Crippen LogP contribution is 2.18. The third kappa shape index (κ3) is 3.80. The van der Waals surface area contributed by atoms with Crippen LogP contribution in [0.1, 0.15) is 20.8 Å². The molecule has 0 saturated heterocycles. The molecular formula is C11H17BrN2O. The zero-order valence-corrected chi connectivity index (χ0v) is 10.9. The smallest absolute Gasteiger partial charge is 0.0813 e. The van der Waals surface area contributed by atoms with Gasteiger partial charge in [-0.05, 0) is 34.8 Å². The molecule has 2 N–H and O–H groups in total. The van der Waals surface area contributed by atoms with Crippen molar-refractivity contribution in [2.24, 2.45) is 5.92 Å². The highest BCUT2D eigenvalue weighted by molar-refractivity contribution is 9.10. The van der Waals surface area contributed by atoms with Gasteiger partial charge in [0, 0.05) is 17.2 Å². The van der Waals surface area contributed by atoms with Crippen LogP contribution >= 0.6 is 15.9 Å². The van der Waals surface area contributed by atoms with Gasteiger partial charge in [0.05, 0.1) is 17.5 Å². The van der Waals surface area contributed by atoms with E-state index in [2.05, 4.69) is 26.2 Å². The molecule has 0 aliphatic rings. The van der Waals surface area contributed by atoms with Crippen LogP contribution in [0.2, 0.25) is 0 Å². The molecule has 0 aromatic carbocycles. The number of rotatable bonds is 4. The van der Waals surface area contributed by atoms with Gasteiger partial charge in [0.1, 0.15) is 0 Å². The van der Waals surface area contributed by atoms with Crippen LogP contribution in [-0.2, 0) is 0 Å². The Labute approximate surface area is 99.1 Å². The fraction of sp³-hybridized carbons (Fsp3) is 0.545. The monoisotopic (exact) mass is 272 g/mol. The Hall–Kier alpha value is -0.610. The van der Waals surface area contributed by atoms with E-state index in [9.17, 15) is 5.11 Å². The molecule has 84 valence electrons. The van der Waals surface area contributed by atoms with E-state index in [1.165, 1.54) is 0 Å². The van der Waals surface area contributed by atoms with Crippen LogP contribution in [0.3, 0.4) is 0 Å². The van der Waals surface area contributed by atoms with Crippen molar-refractivity contribution >= 4 is 21.6 Å². The van der Waals surface area contributed by atoms with E-state index in [-0.39, 0.29) is 5.92 Å². The molecule has 1 aromatic rings. The Morgan fingerprint density at radius 2 is 2.20 bits per heavy atom. The summed E-state index contributed by atoms with van der Waals surface area (Å²) in [4.78, 5) is 4.04.